The predicted molar refractivity (Wildman–Crippen MR) is 92.3 cm³/mol. The molecule has 1 N–H and O–H groups in total. The van der Waals surface area contributed by atoms with Crippen molar-refractivity contribution in [3.8, 4) is 0 Å². The van der Waals surface area contributed by atoms with Crippen LogP contribution < -0.4 is 10.2 Å². The fraction of sp³-hybridized carbons (Fsp3) is 0.235. The first-order valence-corrected chi connectivity index (χ1v) is 7.38. The summed E-state index contributed by atoms with van der Waals surface area (Å²) in [6.45, 7) is 0. The third-order valence-corrected chi connectivity index (χ3v) is 3.64. The Morgan fingerprint density at radius 3 is 2.29 bits per heavy atom. The van der Waals surface area contributed by atoms with Crippen molar-refractivity contribution in [3.05, 3.63) is 60.2 Å². The lowest BCUT2D eigenvalue weighted by atomic mass is 10.1. The first kappa shape index (κ1) is 15.4. The fourth-order valence-corrected chi connectivity index (χ4v) is 2.27. The molecule has 0 saturated heterocycles. The van der Waals surface area contributed by atoms with Crippen LogP contribution in [-0.2, 0) is 11.2 Å². The van der Waals surface area contributed by atoms with Crippen molar-refractivity contribution >= 4 is 29.9 Å². The number of amides is 1. The van der Waals surface area contributed by atoms with E-state index in [4.69, 9.17) is 0 Å². The molecule has 2 aromatic carbocycles. The molecule has 4 heteroatoms. The zero-order valence-corrected chi connectivity index (χ0v) is 13.2. The molecule has 0 aliphatic rings. The molecule has 0 fully saturated rings. The quantitative estimate of drug-likeness (QED) is 0.831. The zero-order chi connectivity index (χ0) is 15.2. The molecular formula is C17H20N2OS. The molecule has 0 radical (unpaired) electrons. The third kappa shape index (κ3) is 4.53. The SMILES string of the molecule is CN(C)c1ccc(NC(=O)C(S)Cc2ccccc2)cc1. The Morgan fingerprint density at radius 2 is 1.71 bits per heavy atom. The van der Waals surface area contributed by atoms with Gasteiger partial charge < -0.3 is 10.2 Å². The molecule has 0 spiro atoms. The molecule has 1 atom stereocenters. The second-order valence-electron chi connectivity index (χ2n) is 5.14. The topological polar surface area (TPSA) is 32.3 Å². The van der Waals surface area contributed by atoms with Crippen molar-refractivity contribution < 1.29 is 4.79 Å². The van der Waals surface area contributed by atoms with Crippen LogP contribution in [0.25, 0.3) is 0 Å². The van der Waals surface area contributed by atoms with Crippen LogP contribution in [0.5, 0.6) is 0 Å². The van der Waals surface area contributed by atoms with Gasteiger partial charge in [0.1, 0.15) is 0 Å². The highest BCUT2D eigenvalue weighted by molar-refractivity contribution is 7.81. The van der Waals surface area contributed by atoms with E-state index in [1.54, 1.807) is 0 Å². The number of benzene rings is 2. The number of carbonyl (C=O) groups is 1. The van der Waals surface area contributed by atoms with Crippen LogP contribution in [0, 0.1) is 0 Å². The van der Waals surface area contributed by atoms with Gasteiger partial charge in [-0.15, -0.1) is 0 Å². The van der Waals surface area contributed by atoms with E-state index in [0.29, 0.717) is 6.42 Å². The monoisotopic (exact) mass is 300 g/mol. The van der Waals surface area contributed by atoms with Gasteiger partial charge in [0.2, 0.25) is 5.91 Å². The lowest BCUT2D eigenvalue weighted by molar-refractivity contribution is -0.115. The highest BCUT2D eigenvalue weighted by atomic mass is 32.1. The second-order valence-corrected chi connectivity index (χ2v) is 5.76. The maximum Gasteiger partial charge on any atom is 0.237 e. The minimum absolute atomic E-state index is 0.0835. The summed E-state index contributed by atoms with van der Waals surface area (Å²) in [5.41, 5.74) is 2.99. The van der Waals surface area contributed by atoms with E-state index < -0.39 is 0 Å². The van der Waals surface area contributed by atoms with E-state index in [2.05, 4.69) is 17.9 Å². The number of hydrogen-bond donors (Lipinski definition) is 2. The predicted octanol–water partition coefficient (Wildman–Crippen LogP) is 3.23. The maximum atomic E-state index is 12.1. The smallest absolute Gasteiger partial charge is 0.237 e. The van der Waals surface area contributed by atoms with E-state index in [9.17, 15) is 4.79 Å². The second kappa shape index (κ2) is 7.18. The summed E-state index contributed by atoms with van der Waals surface area (Å²) in [4.78, 5) is 14.2. The number of nitrogens with zero attached hydrogens (tertiary/aromatic N) is 1. The zero-order valence-electron chi connectivity index (χ0n) is 12.3. The molecule has 0 aromatic heterocycles. The Labute approximate surface area is 131 Å². The van der Waals surface area contributed by atoms with Crippen LogP contribution in [0.2, 0.25) is 0 Å². The molecule has 0 bridgehead atoms. The summed E-state index contributed by atoms with van der Waals surface area (Å²) in [5, 5.41) is 2.53. The Morgan fingerprint density at radius 1 is 1.10 bits per heavy atom. The fourth-order valence-electron chi connectivity index (χ4n) is 2.00. The molecular weight excluding hydrogens is 280 g/mol. The Balaban J connectivity index is 1.94. The molecule has 1 amide bonds. The number of rotatable bonds is 5. The Bertz CT molecular complexity index is 581. The van der Waals surface area contributed by atoms with Gasteiger partial charge in [0, 0.05) is 25.5 Å². The minimum Gasteiger partial charge on any atom is -0.378 e. The van der Waals surface area contributed by atoms with Gasteiger partial charge >= 0.3 is 0 Å². The largest absolute Gasteiger partial charge is 0.378 e. The van der Waals surface area contributed by atoms with Gasteiger partial charge in [0.15, 0.2) is 0 Å². The molecule has 2 rings (SSSR count). The standard InChI is InChI=1S/C17H20N2OS/c1-19(2)15-10-8-14(9-11-15)18-17(20)16(21)12-13-6-4-3-5-7-13/h3-11,16,21H,12H2,1-2H3,(H,18,20). The lowest BCUT2D eigenvalue weighted by Gasteiger charge is -2.14. The van der Waals surface area contributed by atoms with Gasteiger partial charge in [-0.3, -0.25) is 4.79 Å². The van der Waals surface area contributed by atoms with Crippen LogP contribution in [0.3, 0.4) is 0 Å². The summed E-state index contributed by atoms with van der Waals surface area (Å²) in [6.07, 6.45) is 0.617. The average molecular weight is 300 g/mol. The number of nitrogens with one attached hydrogen (secondary N) is 1. The van der Waals surface area contributed by atoms with Crippen molar-refractivity contribution in [2.45, 2.75) is 11.7 Å². The third-order valence-electron chi connectivity index (χ3n) is 3.23. The highest BCUT2D eigenvalue weighted by Crippen LogP contribution is 2.17. The molecule has 0 aliphatic carbocycles. The number of anilines is 2. The normalized spacial score (nSPS) is 11.8. The summed E-state index contributed by atoms with van der Waals surface area (Å²) in [7, 11) is 3.97. The molecule has 110 valence electrons. The van der Waals surface area contributed by atoms with Crippen molar-refractivity contribution in [2.24, 2.45) is 0 Å². The molecule has 21 heavy (non-hydrogen) atoms. The van der Waals surface area contributed by atoms with Gasteiger partial charge in [-0.1, -0.05) is 30.3 Å². The summed E-state index contributed by atoms with van der Waals surface area (Å²) in [5.74, 6) is -0.0835. The Kier molecular flexibility index (Phi) is 5.28. The van der Waals surface area contributed by atoms with Crippen LogP contribution >= 0.6 is 12.6 Å². The van der Waals surface area contributed by atoms with E-state index in [1.807, 2.05) is 73.6 Å². The maximum absolute atomic E-state index is 12.1. The van der Waals surface area contributed by atoms with Crippen molar-refractivity contribution in [1.29, 1.82) is 0 Å². The summed E-state index contributed by atoms with van der Waals surface area (Å²) in [6, 6.07) is 17.6. The van der Waals surface area contributed by atoms with Crippen LogP contribution in [0.15, 0.2) is 54.6 Å². The molecule has 0 heterocycles. The van der Waals surface area contributed by atoms with Crippen LogP contribution in [0.4, 0.5) is 11.4 Å². The molecule has 2 aromatic rings. The molecule has 0 aliphatic heterocycles. The van der Waals surface area contributed by atoms with Gasteiger partial charge in [0.05, 0.1) is 5.25 Å². The van der Waals surface area contributed by atoms with Crippen molar-refractivity contribution in [2.75, 3.05) is 24.3 Å². The number of carbonyl (C=O) groups excluding carboxylic acids is 1. The minimum atomic E-state index is -0.360. The van der Waals surface area contributed by atoms with Gasteiger partial charge in [-0.25, -0.2) is 0 Å². The van der Waals surface area contributed by atoms with Crippen molar-refractivity contribution in [1.82, 2.24) is 0 Å². The number of hydrogen-bond acceptors (Lipinski definition) is 3. The van der Waals surface area contributed by atoms with E-state index in [0.717, 1.165) is 16.9 Å². The molecule has 1 unspecified atom stereocenters. The Hall–Kier alpha value is -1.94. The summed E-state index contributed by atoms with van der Waals surface area (Å²) >= 11 is 4.40. The average Bonchev–Trinajstić information content (AvgIpc) is 2.48. The lowest BCUT2D eigenvalue weighted by Crippen LogP contribution is -2.25. The van der Waals surface area contributed by atoms with Crippen molar-refractivity contribution in [3.63, 3.8) is 0 Å². The van der Waals surface area contributed by atoms with E-state index in [-0.39, 0.29) is 11.2 Å². The summed E-state index contributed by atoms with van der Waals surface area (Å²) < 4.78 is 0. The molecule has 0 saturated carbocycles. The first-order valence-electron chi connectivity index (χ1n) is 6.86. The molecule has 3 nitrogen and oxygen atoms in total. The highest BCUT2D eigenvalue weighted by Gasteiger charge is 2.14. The van der Waals surface area contributed by atoms with Gasteiger partial charge in [0.25, 0.3) is 0 Å². The van der Waals surface area contributed by atoms with Gasteiger partial charge in [-0.05, 0) is 36.2 Å². The van der Waals surface area contributed by atoms with Crippen LogP contribution in [0.1, 0.15) is 5.56 Å². The van der Waals surface area contributed by atoms with Gasteiger partial charge in [-0.2, -0.15) is 12.6 Å². The van der Waals surface area contributed by atoms with E-state index >= 15 is 0 Å². The first-order chi connectivity index (χ1) is 10.1. The van der Waals surface area contributed by atoms with Crippen LogP contribution in [-0.4, -0.2) is 25.3 Å². The number of thiol groups is 1. The van der Waals surface area contributed by atoms with E-state index in [1.165, 1.54) is 0 Å².